The molecule has 2 aromatic carbocycles. The lowest BCUT2D eigenvalue weighted by molar-refractivity contribution is -0.134. The van der Waals surface area contributed by atoms with Crippen LogP contribution in [0.1, 0.15) is 12.8 Å². The molecule has 2 heterocycles. The summed E-state index contributed by atoms with van der Waals surface area (Å²) in [5, 5.41) is 7.74. The van der Waals surface area contributed by atoms with Crippen molar-refractivity contribution in [2.75, 3.05) is 50.6 Å². The lowest BCUT2D eigenvalue weighted by atomic mass is 9.85. The number of hydrogen-bond donors (Lipinski definition) is 2. The van der Waals surface area contributed by atoms with E-state index in [0.29, 0.717) is 37.0 Å². The molecular weight excluding hydrogens is 416 g/mol. The van der Waals surface area contributed by atoms with Crippen LogP contribution >= 0.6 is 11.6 Å². The topological polar surface area (TPSA) is 75.2 Å². The number of aliphatic imine (C=N–C) groups is 1. The van der Waals surface area contributed by atoms with Crippen LogP contribution in [0.25, 0.3) is 0 Å². The van der Waals surface area contributed by atoms with Crippen LogP contribution in [-0.2, 0) is 9.53 Å². The zero-order valence-corrected chi connectivity index (χ0v) is 18.3. The number of hydrogen-bond acceptors (Lipinski definition) is 5. The molecule has 0 aromatic heterocycles. The van der Waals surface area contributed by atoms with Crippen molar-refractivity contribution in [2.45, 2.75) is 18.4 Å². The van der Waals surface area contributed by atoms with Gasteiger partial charge in [0.1, 0.15) is 17.1 Å². The number of piperidine rings is 1. The quantitative estimate of drug-likeness (QED) is 0.668. The highest BCUT2D eigenvalue weighted by molar-refractivity contribution is 6.30. The monoisotopic (exact) mass is 442 g/mol. The molecule has 164 valence electrons. The number of amidine groups is 1. The average molecular weight is 443 g/mol. The minimum absolute atomic E-state index is 0.0312. The molecule has 0 bridgehead atoms. The first kappa shape index (κ1) is 21.5. The van der Waals surface area contributed by atoms with Gasteiger partial charge in [0, 0.05) is 18.7 Å². The van der Waals surface area contributed by atoms with Gasteiger partial charge in [-0.15, -0.1) is 0 Å². The van der Waals surface area contributed by atoms with E-state index in [0.717, 1.165) is 30.1 Å². The van der Waals surface area contributed by atoms with Gasteiger partial charge in [-0.2, -0.15) is 0 Å². The summed E-state index contributed by atoms with van der Waals surface area (Å²) in [6.07, 6.45) is 1.74. The zero-order chi connectivity index (χ0) is 21.7. The Labute approximate surface area is 187 Å². The molecule has 1 saturated heterocycles. The maximum atomic E-state index is 13.0. The Balaban J connectivity index is 1.50. The molecule has 1 atom stereocenters. The molecule has 0 unspecified atom stereocenters. The number of rotatable bonds is 6. The third-order valence-corrected chi connectivity index (χ3v) is 5.81. The van der Waals surface area contributed by atoms with E-state index >= 15 is 0 Å². The fourth-order valence-electron chi connectivity index (χ4n) is 4.06. The molecule has 2 aliphatic heterocycles. The van der Waals surface area contributed by atoms with Gasteiger partial charge >= 0.3 is 0 Å². The Bertz CT molecular complexity index is 967. The molecule has 1 amide bonds. The van der Waals surface area contributed by atoms with Crippen LogP contribution in [-0.4, -0.2) is 62.1 Å². The van der Waals surface area contributed by atoms with Gasteiger partial charge in [-0.05, 0) is 43.2 Å². The highest BCUT2D eigenvalue weighted by Gasteiger charge is 2.44. The number of amides is 1. The zero-order valence-electron chi connectivity index (χ0n) is 17.6. The molecule has 2 N–H and O–H groups in total. The molecule has 31 heavy (non-hydrogen) atoms. The molecule has 2 aromatic rings. The van der Waals surface area contributed by atoms with E-state index in [4.69, 9.17) is 26.1 Å². The van der Waals surface area contributed by atoms with Crippen LogP contribution in [0.2, 0.25) is 5.02 Å². The van der Waals surface area contributed by atoms with Crippen LogP contribution in [0.5, 0.6) is 5.75 Å². The highest BCUT2D eigenvalue weighted by atomic mass is 35.5. The lowest BCUT2D eigenvalue weighted by Crippen LogP contribution is -2.63. The molecule has 4 rings (SSSR count). The van der Waals surface area contributed by atoms with E-state index < -0.39 is 5.54 Å². The van der Waals surface area contributed by atoms with Gasteiger partial charge in [0.05, 0.1) is 31.1 Å². The number of likely N-dealkylation sites (tertiary alicyclic amines) is 1. The number of nitrogens with zero attached hydrogens (tertiary/aromatic N) is 2. The third kappa shape index (κ3) is 4.94. The summed E-state index contributed by atoms with van der Waals surface area (Å²) in [6, 6.07) is 15.1. The van der Waals surface area contributed by atoms with Crippen molar-refractivity contribution >= 4 is 34.7 Å². The summed E-state index contributed by atoms with van der Waals surface area (Å²) in [4.78, 5) is 19.6. The van der Waals surface area contributed by atoms with Crippen LogP contribution < -0.4 is 15.4 Å². The highest BCUT2D eigenvalue weighted by Crippen LogP contribution is 2.36. The number of nitrogens with one attached hydrogen (secondary N) is 2. The Morgan fingerprint density at radius 1 is 1.23 bits per heavy atom. The van der Waals surface area contributed by atoms with E-state index in [2.05, 4.69) is 10.6 Å². The van der Waals surface area contributed by atoms with Crippen molar-refractivity contribution in [2.24, 2.45) is 4.99 Å². The summed E-state index contributed by atoms with van der Waals surface area (Å²) in [7, 11) is 1.67. The maximum Gasteiger partial charge on any atom is 0.260 e. The Morgan fingerprint density at radius 3 is 2.87 bits per heavy atom. The first-order chi connectivity index (χ1) is 15.1. The number of carbonyl (C=O) groups is 1. The van der Waals surface area contributed by atoms with Crippen molar-refractivity contribution in [3.8, 4) is 5.75 Å². The second kappa shape index (κ2) is 9.58. The minimum Gasteiger partial charge on any atom is -0.484 e. The number of anilines is 2. The SMILES string of the molecule is COCCN=C1Nc2ccccc2N[C@]12CCCN(C(=O)COc1cccc(Cl)c1)C2. The van der Waals surface area contributed by atoms with E-state index in [9.17, 15) is 4.79 Å². The number of ether oxygens (including phenoxy) is 2. The van der Waals surface area contributed by atoms with Gasteiger partial charge < -0.3 is 25.0 Å². The normalized spacial score (nSPS) is 21.4. The number of methoxy groups -OCH3 is 1. The van der Waals surface area contributed by atoms with Crippen LogP contribution in [0, 0.1) is 0 Å². The largest absolute Gasteiger partial charge is 0.484 e. The van der Waals surface area contributed by atoms with Gasteiger partial charge in [-0.1, -0.05) is 29.8 Å². The lowest BCUT2D eigenvalue weighted by Gasteiger charge is -2.47. The summed E-state index contributed by atoms with van der Waals surface area (Å²) < 4.78 is 10.9. The molecule has 7 nitrogen and oxygen atoms in total. The predicted octanol–water partition coefficient (Wildman–Crippen LogP) is 3.66. The second-order valence-corrected chi connectivity index (χ2v) is 8.20. The third-order valence-electron chi connectivity index (χ3n) is 5.58. The van der Waals surface area contributed by atoms with Gasteiger partial charge in [0.2, 0.25) is 0 Å². The Morgan fingerprint density at radius 2 is 2.06 bits per heavy atom. The number of benzene rings is 2. The molecule has 0 saturated carbocycles. The van der Waals surface area contributed by atoms with Crippen molar-refractivity contribution in [3.63, 3.8) is 0 Å². The minimum atomic E-state index is -0.466. The number of para-hydroxylation sites is 2. The van der Waals surface area contributed by atoms with Crippen molar-refractivity contribution < 1.29 is 14.3 Å². The molecule has 2 aliphatic rings. The average Bonchev–Trinajstić information content (AvgIpc) is 2.78. The van der Waals surface area contributed by atoms with Crippen LogP contribution in [0.3, 0.4) is 0 Å². The van der Waals surface area contributed by atoms with Crippen LogP contribution in [0.15, 0.2) is 53.5 Å². The molecular formula is C23H27ClN4O3. The summed E-state index contributed by atoms with van der Waals surface area (Å²) in [6.45, 7) is 2.26. The van der Waals surface area contributed by atoms with E-state index in [1.54, 1.807) is 31.4 Å². The van der Waals surface area contributed by atoms with E-state index in [-0.39, 0.29) is 12.5 Å². The summed E-state index contributed by atoms with van der Waals surface area (Å²) >= 11 is 6.00. The van der Waals surface area contributed by atoms with Crippen molar-refractivity contribution in [3.05, 3.63) is 53.6 Å². The maximum absolute atomic E-state index is 13.0. The predicted molar refractivity (Wildman–Crippen MR) is 123 cm³/mol. The smallest absolute Gasteiger partial charge is 0.260 e. The van der Waals surface area contributed by atoms with Gasteiger partial charge in [-0.3, -0.25) is 9.79 Å². The van der Waals surface area contributed by atoms with E-state index in [1.807, 2.05) is 29.2 Å². The Hall–Kier alpha value is -2.77. The molecule has 8 heteroatoms. The number of halogens is 1. The second-order valence-electron chi connectivity index (χ2n) is 7.77. The summed E-state index contributed by atoms with van der Waals surface area (Å²) in [5.74, 6) is 1.37. The van der Waals surface area contributed by atoms with Gasteiger partial charge in [-0.25, -0.2) is 0 Å². The number of carbonyl (C=O) groups excluding carboxylic acids is 1. The first-order valence-corrected chi connectivity index (χ1v) is 10.8. The van der Waals surface area contributed by atoms with Gasteiger partial charge in [0.15, 0.2) is 6.61 Å². The van der Waals surface area contributed by atoms with E-state index in [1.165, 1.54) is 0 Å². The van der Waals surface area contributed by atoms with Crippen molar-refractivity contribution in [1.29, 1.82) is 0 Å². The fraction of sp³-hybridized carbons (Fsp3) is 0.391. The molecule has 1 spiro atoms. The molecule has 1 fully saturated rings. The van der Waals surface area contributed by atoms with Gasteiger partial charge in [0.25, 0.3) is 5.91 Å². The van der Waals surface area contributed by atoms with Crippen molar-refractivity contribution in [1.82, 2.24) is 4.90 Å². The number of fused-ring (bicyclic) bond motifs is 1. The molecule has 0 aliphatic carbocycles. The standard InChI is InChI=1S/C23H27ClN4O3/c1-30-13-11-25-22-23(27-20-9-3-2-8-19(20)26-22)10-5-12-28(16-23)21(29)15-31-18-7-4-6-17(24)14-18/h2-4,6-9,14,27H,5,10-13,15-16H2,1H3,(H,25,26)/t23-/m0/s1. The first-order valence-electron chi connectivity index (χ1n) is 10.4. The van der Waals surface area contributed by atoms with Crippen LogP contribution in [0.4, 0.5) is 11.4 Å². The Kier molecular flexibility index (Phi) is 6.63. The molecule has 0 radical (unpaired) electrons. The summed E-state index contributed by atoms with van der Waals surface area (Å²) in [5.41, 5.74) is 1.53. The fourth-order valence-corrected chi connectivity index (χ4v) is 4.24.